The van der Waals surface area contributed by atoms with E-state index in [1.54, 1.807) is 0 Å². The molecule has 2 N–H and O–H groups in total. The summed E-state index contributed by atoms with van der Waals surface area (Å²) in [7, 11) is 0. The molecule has 1 aromatic rings. The minimum Gasteiger partial charge on any atom is -0.478 e. The van der Waals surface area contributed by atoms with E-state index in [0.717, 1.165) is 17.7 Å². The normalized spacial score (nSPS) is 11.6. The van der Waals surface area contributed by atoms with Crippen LogP contribution in [-0.4, -0.2) is 17.0 Å². The average molecular weight is 261 g/mol. The first-order chi connectivity index (χ1) is 8.70. The van der Waals surface area contributed by atoms with Gasteiger partial charge in [0.25, 0.3) is 0 Å². The van der Waals surface area contributed by atoms with Crippen molar-refractivity contribution >= 4 is 17.6 Å². The van der Waals surface area contributed by atoms with Crippen LogP contribution >= 0.6 is 0 Å². The molecule has 0 aliphatic carbocycles. The Morgan fingerprint density at radius 1 is 1.21 bits per heavy atom. The molecule has 0 aliphatic rings. The number of aliphatic carboxylic acids is 1. The lowest BCUT2D eigenvalue weighted by Gasteiger charge is -2.20. The quantitative estimate of drug-likeness (QED) is 0.822. The highest BCUT2D eigenvalue weighted by Crippen LogP contribution is 2.26. The van der Waals surface area contributed by atoms with E-state index in [0.29, 0.717) is 5.69 Å². The molecular weight excluding hydrogens is 242 g/mol. The van der Waals surface area contributed by atoms with Gasteiger partial charge in [0.15, 0.2) is 0 Å². The van der Waals surface area contributed by atoms with Crippen LogP contribution in [-0.2, 0) is 15.0 Å². The lowest BCUT2D eigenvalue weighted by molar-refractivity contribution is -0.131. The molecule has 0 unspecified atom stereocenters. The van der Waals surface area contributed by atoms with E-state index in [4.69, 9.17) is 5.11 Å². The molecular formula is C15H19NO3. The first-order valence-electron chi connectivity index (χ1n) is 6.03. The number of rotatable bonds is 3. The summed E-state index contributed by atoms with van der Waals surface area (Å²) in [5, 5.41) is 11.1. The topological polar surface area (TPSA) is 66.4 Å². The van der Waals surface area contributed by atoms with Crippen LogP contribution in [0, 0.1) is 6.92 Å². The van der Waals surface area contributed by atoms with Gasteiger partial charge >= 0.3 is 5.97 Å². The lowest BCUT2D eigenvalue weighted by atomic mass is 9.86. The number of nitrogens with one attached hydrogen (secondary N) is 1. The fraction of sp³-hybridized carbons (Fsp3) is 0.333. The zero-order chi connectivity index (χ0) is 14.6. The van der Waals surface area contributed by atoms with E-state index in [-0.39, 0.29) is 5.41 Å². The monoisotopic (exact) mass is 261 g/mol. The number of carbonyl (C=O) groups excluding carboxylic acids is 1. The predicted octanol–water partition coefficient (Wildman–Crippen LogP) is 2.87. The molecule has 102 valence electrons. The number of hydrogen-bond acceptors (Lipinski definition) is 2. The summed E-state index contributed by atoms with van der Waals surface area (Å²) in [5.41, 5.74) is 2.87. The number of carboxylic acid groups (broad SMARTS) is 1. The van der Waals surface area contributed by atoms with Crippen molar-refractivity contribution in [3.8, 4) is 0 Å². The minimum atomic E-state index is -1.14. The Bertz CT molecular complexity index is 525. The van der Waals surface area contributed by atoms with E-state index in [2.05, 4.69) is 26.1 Å². The third kappa shape index (κ3) is 4.58. The van der Waals surface area contributed by atoms with Gasteiger partial charge in [-0.3, -0.25) is 4.79 Å². The molecule has 0 fully saturated rings. The first-order valence-corrected chi connectivity index (χ1v) is 6.03. The average Bonchev–Trinajstić information content (AvgIpc) is 2.27. The molecule has 0 saturated heterocycles. The highest BCUT2D eigenvalue weighted by atomic mass is 16.4. The highest BCUT2D eigenvalue weighted by Gasteiger charge is 2.14. The fourth-order valence-electron chi connectivity index (χ4n) is 1.59. The molecule has 0 radical (unpaired) electrons. The highest BCUT2D eigenvalue weighted by molar-refractivity contribution is 6.02. The molecule has 0 aromatic heterocycles. The Balaban J connectivity index is 2.87. The van der Waals surface area contributed by atoms with Crippen LogP contribution in [0.4, 0.5) is 5.69 Å². The second-order valence-corrected chi connectivity index (χ2v) is 5.44. The van der Waals surface area contributed by atoms with Gasteiger partial charge in [-0.05, 0) is 29.5 Å². The van der Waals surface area contributed by atoms with Crippen molar-refractivity contribution < 1.29 is 14.7 Å². The molecule has 0 spiro atoms. The summed E-state index contributed by atoms with van der Waals surface area (Å²) in [6, 6.07) is 5.82. The van der Waals surface area contributed by atoms with E-state index < -0.39 is 11.9 Å². The zero-order valence-corrected chi connectivity index (χ0v) is 11.7. The van der Waals surface area contributed by atoms with E-state index in [1.165, 1.54) is 5.56 Å². The Kier molecular flexibility index (Phi) is 4.48. The van der Waals surface area contributed by atoms with Crippen molar-refractivity contribution in [1.82, 2.24) is 0 Å². The summed E-state index contributed by atoms with van der Waals surface area (Å²) < 4.78 is 0. The second kappa shape index (κ2) is 5.69. The zero-order valence-electron chi connectivity index (χ0n) is 11.7. The van der Waals surface area contributed by atoms with Crippen LogP contribution in [0.3, 0.4) is 0 Å². The van der Waals surface area contributed by atoms with E-state index >= 15 is 0 Å². The molecule has 0 bridgehead atoms. The number of anilines is 1. The summed E-state index contributed by atoms with van der Waals surface area (Å²) >= 11 is 0. The second-order valence-electron chi connectivity index (χ2n) is 5.44. The van der Waals surface area contributed by atoms with E-state index in [9.17, 15) is 9.59 Å². The van der Waals surface area contributed by atoms with Gasteiger partial charge in [-0.15, -0.1) is 0 Å². The van der Waals surface area contributed by atoms with Crippen LogP contribution in [0.25, 0.3) is 0 Å². The number of benzene rings is 1. The summed E-state index contributed by atoms with van der Waals surface area (Å²) in [6.45, 7) is 8.27. The molecule has 1 rings (SSSR count). The Hall–Kier alpha value is -2.10. The van der Waals surface area contributed by atoms with Crippen LogP contribution in [0.15, 0.2) is 30.4 Å². The maximum Gasteiger partial charge on any atom is 0.328 e. The third-order valence-corrected chi connectivity index (χ3v) is 2.73. The van der Waals surface area contributed by atoms with Crippen LogP contribution < -0.4 is 5.32 Å². The Morgan fingerprint density at radius 2 is 1.84 bits per heavy atom. The standard InChI is InChI=1S/C15H19NO3/c1-10-9-11(15(2,3)4)5-6-12(10)16-13(17)7-8-14(18)19/h5-9H,1-4H3,(H,16,17)(H,18,19)/b8-7+. The molecule has 0 saturated carbocycles. The van der Waals surface area contributed by atoms with Gasteiger partial charge in [-0.1, -0.05) is 32.9 Å². The van der Waals surface area contributed by atoms with Gasteiger partial charge in [0.1, 0.15) is 0 Å². The number of hydrogen-bond donors (Lipinski definition) is 2. The number of aryl methyl sites for hydroxylation is 1. The van der Waals surface area contributed by atoms with Gasteiger partial charge in [-0.25, -0.2) is 4.79 Å². The molecule has 4 heteroatoms. The van der Waals surface area contributed by atoms with Crippen molar-refractivity contribution in [3.05, 3.63) is 41.5 Å². The largest absolute Gasteiger partial charge is 0.478 e. The summed E-state index contributed by atoms with van der Waals surface area (Å²) in [6.07, 6.45) is 1.81. The van der Waals surface area contributed by atoms with Crippen LogP contribution in [0.5, 0.6) is 0 Å². The number of carboxylic acids is 1. The van der Waals surface area contributed by atoms with Crippen molar-refractivity contribution in [2.75, 3.05) is 5.32 Å². The van der Waals surface area contributed by atoms with Crippen molar-refractivity contribution in [1.29, 1.82) is 0 Å². The number of carbonyl (C=O) groups is 2. The van der Waals surface area contributed by atoms with Gasteiger partial charge in [0.2, 0.25) is 5.91 Å². The molecule has 0 heterocycles. The summed E-state index contributed by atoms with van der Waals surface area (Å²) in [5.74, 6) is -1.59. The summed E-state index contributed by atoms with van der Waals surface area (Å²) in [4.78, 5) is 21.8. The van der Waals surface area contributed by atoms with Gasteiger partial charge in [0, 0.05) is 17.8 Å². The molecule has 0 atom stereocenters. The van der Waals surface area contributed by atoms with Crippen LogP contribution in [0.1, 0.15) is 31.9 Å². The maximum atomic E-state index is 11.5. The lowest BCUT2D eigenvalue weighted by Crippen LogP contribution is -2.13. The van der Waals surface area contributed by atoms with Gasteiger partial charge in [0.05, 0.1) is 0 Å². The predicted molar refractivity (Wildman–Crippen MR) is 75.3 cm³/mol. The molecule has 0 aliphatic heterocycles. The van der Waals surface area contributed by atoms with Crippen LogP contribution in [0.2, 0.25) is 0 Å². The minimum absolute atomic E-state index is 0.0521. The van der Waals surface area contributed by atoms with Gasteiger partial charge < -0.3 is 10.4 Å². The molecule has 1 amide bonds. The number of amides is 1. The molecule has 4 nitrogen and oxygen atoms in total. The Labute approximate surface area is 113 Å². The van der Waals surface area contributed by atoms with Gasteiger partial charge in [-0.2, -0.15) is 0 Å². The maximum absolute atomic E-state index is 11.5. The van der Waals surface area contributed by atoms with Crippen molar-refractivity contribution in [2.24, 2.45) is 0 Å². The molecule has 1 aromatic carbocycles. The van der Waals surface area contributed by atoms with Crippen molar-refractivity contribution in [2.45, 2.75) is 33.1 Å². The smallest absolute Gasteiger partial charge is 0.328 e. The SMILES string of the molecule is Cc1cc(C(C)(C)C)ccc1NC(=O)/C=C/C(=O)O. The molecule has 19 heavy (non-hydrogen) atoms. The van der Waals surface area contributed by atoms with Crippen molar-refractivity contribution in [3.63, 3.8) is 0 Å². The fourth-order valence-corrected chi connectivity index (χ4v) is 1.59. The third-order valence-electron chi connectivity index (χ3n) is 2.73. The van der Waals surface area contributed by atoms with E-state index in [1.807, 2.05) is 25.1 Å². The Morgan fingerprint density at radius 3 is 2.32 bits per heavy atom. The first kappa shape index (κ1) is 15.0.